The highest BCUT2D eigenvalue weighted by molar-refractivity contribution is 6.00. The number of aryl methyl sites for hydroxylation is 1. The Bertz CT molecular complexity index is 797. The third-order valence-electron chi connectivity index (χ3n) is 3.53. The number of amides is 1. The van der Waals surface area contributed by atoms with E-state index in [1.165, 1.54) is 0 Å². The summed E-state index contributed by atoms with van der Waals surface area (Å²) in [6, 6.07) is 11.0. The van der Waals surface area contributed by atoms with Crippen molar-refractivity contribution in [3.63, 3.8) is 0 Å². The van der Waals surface area contributed by atoms with Gasteiger partial charge in [0.15, 0.2) is 0 Å². The van der Waals surface area contributed by atoms with Gasteiger partial charge in [0.2, 0.25) is 0 Å². The molecule has 0 saturated heterocycles. The van der Waals surface area contributed by atoms with Crippen LogP contribution >= 0.6 is 0 Å². The van der Waals surface area contributed by atoms with Crippen molar-refractivity contribution in [2.75, 3.05) is 0 Å². The number of allylic oxidation sites excluding steroid dienone is 4. The van der Waals surface area contributed by atoms with Crippen molar-refractivity contribution < 1.29 is 9.21 Å². The van der Waals surface area contributed by atoms with Crippen LogP contribution in [0.4, 0.5) is 5.69 Å². The number of para-hydroxylation sites is 1. The van der Waals surface area contributed by atoms with Gasteiger partial charge in [0.1, 0.15) is 11.5 Å². The Balaban J connectivity index is 1.79. The average molecular weight is 306 g/mol. The van der Waals surface area contributed by atoms with Crippen LogP contribution in [-0.4, -0.2) is 12.1 Å². The molecule has 4 heteroatoms. The topological polar surface area (TPSA) is 54.6 Å². The highest BCUT2D eigenvalue weighted by Gasteiger charge is 2.12. The number of aliphatic imine (C=N–C) groups is 1. The molecule has 1 N–H and O–H groups in total. The highest BCUT2D eigenvalue weighted by Crippen LogP contribution is 2.20. The standard InChI is InChI=1S/C19H18N2O2/c1-14-11-12-16(23-14)13-20-18-10-6-5-9-17(18)19(22)21-15-7-3-2-4-8-15/h2-3,5-7,9-13H,4,8H2,1H3,(H,21,22). The first-order chi connectivity index (χ1) is 11.2. The second kappa shape index (κ2) is 6.92. The predicted molar refractivity (Wildman–Crippen MR) is 91.1 cm³/mol. The summed E-state index contributed by atoms with van der Waals surface area (Å²) in [5.41, 5.74) is 2.09. The molecule has 0 saturated carbocycles. The largest absolute Gasteiger partial charge is 0.460 e. The lowest BCUT2D eigenvalue weighted by atomic mass is 10.1. The van der Waals surface area contributed by atoms with E-state index < -0.39 is 0 Å². The van der Waals surface area contributed by atoms with Crippen molar-refractivity contribution in [2.24, 2.45) is 4.99 Å². The lowest BCUT2D eigenvalue weighted by molar-refractivity contribution is 0.0965. The maximum atomic E-state index is 12.5. The molecule has 1 aliphatic rings. The maximum Gasteiger partial charge on any atom is 0.257 e. The molecule has 3 rings (SSSR count). The predicted octanol–water partition coefficient (Wildman–Crippen LogP) is 4.30. The minimum Gasteiger partial charge on any atom is -0.460 e. The van der Waals surface area contributed by atoms with Gasteiger partial charge in [-0.2, -0.15) is 0 Å². The van der Waals surface area contributed by atoms with Crippen LogP contribution in [0.3, 0.4) is 0 Å². The fraction of sp³-hybridized carbons (Fsp3) is 0.158. The van der Waals surface area contributed by atoms with Gasteiger partial charge in [-0.05, 0) is 50.1 Å². The number of carbonyl (C=O) groups is 1. The van der Waals surface area contributed by atoms with Gasteiger partial charge in [0.05, 0.1) is 17.5 Å². The molecule has 1 aromatic carbocycles. The van der Waals surface area contributed by atoms with Gasteiger partial charge in [-0.3, -0.25) is 9.79 Å². The van der Waals surface area contributed by atoms with Crippen molar-refractivity contribution >= 4 is 17.8 Å². The zero-order valence-electron chi connectivity index (χ0n) is 13.0. The van der Waals surface area contributed by atoms with Gasteiger partial charge in [-0.1, -0.05) is 24.3 Å². The van der Waals surface area contributed by atoms with Gasteiger partial charge in [0, 0.05) is 5.70 Å². The summed E-state index contributed by atoms with van der Waals surface area (Å²) >= 11 is 0. The molecule has 1 aromatic heterocycles. The Morgan fingerprint density at radius 3 is 2.87 bits per heavy atom. The first kappa shape index (κ1) is 15.0. The second-order valence-corrected chi connectivity index (χ2v) is 5.34. The first-order valence-electron chi connectivity index (χ1n) is 7.59. The summed E-state index contributed by atoms with van der Waals surface area (Å²) in [6.45, 7) is 1.88. The Kier molecular flexibility index (Phi) is 4.52. The fourth-order valence-electron chi connectivity index (χ4n) is 2.35. The SMILES string of the molecule is Cc1ccc(C=Nc2ccccc2C(=O)NC2=CC=CCC2)o1. The molecule has 0 fully saturated rings. The average Bonchev–Trinajstić information content (AvgIpc) is 2.99. The Labute approximate surface area is 135 Å². The molecule has 1 aliphatic carbocycles. The molecule has 0 unspecified atom stereocenters. The van der Waals surface area contributed by atoms with Crippen LogP contribution in [0.2, 0.25) is 0 Å². The maximum absolute atomic E-state index is 12.5. The van der Waals surface area contributed by atoms with E-state index in [0.717, 1.165) is 24.3 Å². The molecule has 0 atom stereocenters. The summed E-state index contributed by atoms with van der Waals surface area (Å²) in [7, 11) is 0. The number of furan rings is 1. The van der Waals surface area contributed by atoms with Gasteiger partial charge in [0.25, 0.3) is 5.91 Å². The number of carbonyl (C=O) groups excluding carboxylic acids is 1. The highest BCUT2D eigenvalue weighted by atomic mass is 16.3. The zero-order valence-corrected chi connectivity index (χ0v) is 13.0. The third kappa shape index (κ3) is 3.86. The Morgan fingerprint density at radius 1 is 1.26 bits per heavy atom. The molecular formula is C19H18N2O2. The molecule has 1 amide bonds. The molecular weight excluding hydrogens is 288 g/mol. The fourth-order valence-corrected chi connectivity index (χ4v) is 2.35. The molecule has 116 valence electrons. The molecule has 0 spiro atoms. The van der Waals surface area contributed by atoms with Gasteiger partial charge in [-0.15, -0.1) is 0 Å². The minimum absolute atomic E-state index is 0.144. The molecule has 1 heterocycles. The van der Waals surface area contributed by atoms with Crippen LogP contribution in [0.5, 0.6) is 0 Å². The smallest absolute Gasteiger partial charge is 0.257 e. The van der Waals surface area contributed by atoms with Gasteiger partial charge >= 0.3 is 0 Å². The van der Waals surface area contributed by atoms with Crippen LogP contribution in [0.25, 0.3) is 0 Å². The first-order valence-corrected chi connectivity index (χ1v) is 7.59. The molecule has 23 heavy (non-hydrogen) atoms. The van der Waals surface area contributed by atoms with E-state index in [-0.39, 0.29) is 5.91 Å². The van der Waals surface area contributed by atoms with Crippen LogP contribution in [0.15, 0.2) is 69.7 Å². The number of nitrogens with one attached hydrogen (secondary N) is 1. The summed E-state index contributed by atoms with van der Waals surface area (Å²) in [6.07, 6.45) is 9.39. The molecule has 2 aromatic rings. The minimum atomic E-state index is -0.144. The summed E-state index contributed by atoms with van der Waals surface area (Å²) in [5, 5.41) is 2.95. The van der Waals surface area contributed by atoms with Crippen molar-refractivity contribution in [3.05, 3.63) is 77.4 Å². The van der Waals surface area contributed by atoms with E-state index >= 15 is 0 Å². The number of rotatable bonds is 4. The Morgan fingerprint density at radius 2 is 2.13 bits per heavy atom. The van der Waals surface area contributed by atoms with E-state index in [9.17, 15) is 4.79 Å². The monoisotopic (exact) mass is 306 g/mol. The molecule has 4 nitrogen and oxygen atoms in total. The lowest BCUT2D eigenvalue weighted by Gasteiger charge is -2.12. The van der Waals surface area contributed by atoms with Gasteiger partial charge < -0.3 is 9.73 Å². The number of hydrogen-bond acceptors (Lipinski definition) is 3. The quantitative estimate of drug-likeness (QED) is 0.856. The van der Waals surface area contributed by atoms with Crippen LogP contribution in [-0.2, 0) is 0 Å². The van der Waals surface area contributed by atoms with Crippen molar-refractivity contribution in [3.8, 4) is 0 Å². The second-order valence-electron chi connectivity index (χ2n) is 5.34. The van der Waals surface area contributed by atoms with Gasteiger partial charge in [-0.25, -0.2) is 0 Å². The normalized spacial score (nSPS) is 14.0. The third-order valence-corrected chi connectivity index (χ3v) is 3.53. The summed E-state index contributed by atoms with van der Waals surface area (Å²) in [4.78, 5) is 16.9. The van der Waals surface area contributed by atoms with E-state index in [1.54, 1.807) is 12.3 Å². The van der Waals surface area contributed by atoms with E-state index in [4.69, 9.17) is 4.42 Å². The summed E-state index contributed by atoms with van der Waals surface area (Å²) < 4.78 is 5.46. The van der Waals surface area contributed by atoms with Crippen molar-refractivity contribution in [1.82, 2.24) is 5.32 Å². The Hall–Kier alpha value is -2.88. The van der Waals surface area contributed by atoms with Crippen LogP contribution in [0, 0.1) is 6.92 Å². The summed E-state index contributed by atoms with van der Waals surface area (Å²) in [5.74, 6) is 1.35. The van der Waals surface area contributed by atoms with Crippen molar-refractivity contribution in [2.45, 2.75) is 19.8 Å². The lowest BCUT2D eigenvalue weighted by Crippen LogP contribution is -2.23. The zero-order chi connectivity index (χ0) is 16.1. The number of hydrogen-bond donors (Lipinski definition) is 1. The molecule has 0 radical (unpaired) electrons. The number of nitrogens with zero attached hydrogens (tertiary/aromatic N) is 1. The van der Waals surface area contributed by atoms with E-state index in [0.29, 0.717) is 17.0 Å². The van der Waals surface area contributed by atoms with Crippen LogP contribution < -0.4 is 5.32 Å². The number of benzene rings is 1. The van der Waals surface area contributed by atoms with Crippen LogP contribution in [0.1, 0.15) is 34.7 Å². The van der Waals surface area contributed by atoms with Crippen molar-refractivity contribution in [1.29, 1.82) is 0 Å². The van der Waals surface area contributed by atoms with E-state index in [2.05, 4.69) is 16.4 Å². The molecule has 0 bridgehead atoms. The van der Waals surface area contributed by atoms with E-state index in [1.807, 2.05) is 49.4 Å². The molecule has 0 aliphatic heterocycles.